The minimum atomic E-state index is -3.73. The topological polar surface area (TPSA) is 82.1 Å². The lowest BCUT2D eigenvalue weighted by molar-refractivity contribution is 0.0977. The van der Waals surface area contributed by atoms with Gasteiger partial charge in [0.1, 0.15) is 5.82 Å². The van der Waals surface area contributed by atoms with Crippen molar-refractivity contribution in [2.24, 2.45) is 4.99 Å². The lowest BCUT2D eigenvalue weighted by Crippen LogP contribution is -2.48. The van der Waals surface area contributed by atoms with Crippen molar-refractivity contribution in [1.29, 1.82) is 0 Å². The molecule has 1 N–H and O–H groups in total. The summed E-state index contributed by atoms with van der Waals surface area (Å²) in [6.45, 7) is 2.29. The van der Waals surface area contributed by atoms with Crippen molar-refractivity contribution in [3.05, 3.63) is 59.9 Å². The fourth-order valence-corrected chi connectivity index (χ4v) is 5.56. The number of anilines is 1. The summed E-state index contributed by atoms with van der Waals surface area (Å²) in [5.74, 6) is 0.150. The molecule has 4 rings (SSSR count). The third kappa shape index (κ3) is 4.50. The van der Waals surface area contributed by atoms with Crippen molar-refractivity contribution in [2.75, 3.05) is 43.4 Å². The number of sulfonamides is 1. The van der Waals surface area contributed by atoms with Crippen LogP contribution in [-0.4, -0.2) is 62.3 Å². The number of amidine groups is 1. The number of rotatable bonds is 4. The van der Waals surface area contributed by atoms with E-state index in [2.05, 4.69) is 10.3 Å². The van der Waals surface area contributed by atoms with E-state index in [9.17, 15) is 17.6 Å². The van der Waals surface area contributed by atoms with Crippen molar-refractivity contribution in [1.82, 2.24) is 9.62 Å². The van der Waals surface area contributed by atoms with Crippen molar-refractivity contribution in [2.45, 2.75) is 4.90 Å². The van der Waals surface area contributed by atoms with E-state index in [0.717, 1.165) is 11.4 Å². The molecule has 0 unspecified atom stereocenters. The van der Waals surface area contributed by atoms with Crippen molar-refractivity contribution < 1.29 is 17.6 Å². The minimum absolute atomic E-state index is 0.0893. The number of nitrogens with one attached hydrogen (secondary N) is 1. The summed E-state index contributed by atoms with van der Waals surface area (Å²) in [4.78, 5) is 18.7. The number of benzene rings is 2. The van der Waals surface area contributed by atoms with Gasteiger partial charge in [0.15, 0.2) is 5.17 Å². The zero-order chi connectivity index (χ0) is 21.1. The fourth-order valence-electron chi connectivity index (χ4n) is 3.37. The first-order valence-corrected chi connectivity index (χ1v) is 12.0. The number of piperazine rings is 1. The Hall–Kier alpha value is -2.43. The van der Waals surface area contributed by atoms with Crippen LogP contribution >= 0.6 is 11.8 Å². The molecule has 2 aromatic rings. The number of hydrogen-bond acceptors (Lipinski definition) is 6. The lowest BCUT2D eigenvalue weighted by atomic mass is 10.2. The zero-order valence-electron chi connectivity index (χ0n) is 16.1. The van der Waals surface area contributed by atoms with Gasteiger partial charge in [0.25, 0.3) is 5.91 Å². The summed E-state index contributed by atoms with van der Waals surface area (Å²) in [5, 5.41) is 3.27. The van der Waals surface area contributed by atoms with Gasteiger partial charge in [0.2, 0.25) is 10.0 Å². The molecule has 30 heavy (non-hydrogen) atoms. The molecule has 10 heteroatoms. The van der Waals surface area contributed by atoms with E-state index in [1.165, 1.54) is 40.3 Å². The predicted molar refractivity (Wildman–Crippen MR) is 116 cm³/mol. The van der Waals surface area contributed by atoms with E-state index in [0.29, 0.717) is 37.9 Å². The van der Waals surface area contributed by atoms with Gasteiger partial charge in [-0.05, 0) is 42.5 Å². The maximum Gasteiger partial charge on any atom is 0.257 e. The van der Waals surface area contributed by atoms with Crippen LogP contribution in [0.2, 0.25) is 0 Å². The van der Waals surface area contributed by atoms with Crippen LogP contribution in [0.25, 0.3) is 0 Å². The second-order valence-electron chi connectivity index (χ2n) is 6.88. The van der Waals surface area contributed by atoms with Gasteiger partial charge in [-0.3, -0.25) is 9.79 Å². The summed E-state index contributed by atoms with van der Waals surface area (Å²) in [6.07, 6.45) is 0. The Labute approximate surface area is 179 Å². The first-order chi connectivity index (χ1) is 14.4. The van der Waals surface area contributed by atoms with E-state index >= 15 is 0 Å². The number of carbonyl (C=O) groups excluding carboxylic acids is 1. The first-order valence-electron chi connectivity index (χ1n) is 9.53. The van der Waals surface area contributed by atoms with Crippen LogP contribution < -0.4 is 10.2 Å². The fraction of sp³-hybridized carbons (Fsp3) is 0.300. The highest BCUT2D eigenvalue weighted by Crippen LogP contribution is 2.22. The lowest BCUT2D eigenvalue weighted by Gasteiger charge is -2.35. The smallest absolute Gasteiger partial charge is 0.257 e. The molecule has 0 bridgehead atoms. The molecule has 0 saturated carbocycles. The van der Waals surface area contributed by atoms with E-state index in [1.54, 1.807) is 24.3 Å². The molecule has 2 heterocycles. The Kier molecular flexibility index (Phi) is 6.07. The zero-order valence-corrected chi connectivity index (χ0v) is 17.8. The van der Waals surface area contributed by atoms with Gasteiger partial charge in [0, 0.05) is 43.2 Å². The van der Waals surface area contributed by atoms with Crippen LogP contribution in [0.1, 0.15) is 10.4 Å². The van der Waals surface area contributed by atoms with Gasteiger partial charge in [-0.2, -0.15) is 4.31 Å². The van der Waals surface area contributed by atoms with Gasteiger partial charge >= 0.3 is 0 Å². The molecule has 158 valence electrons. The third-order valence-corrected chi connectivity index (χ3v) is 7.76. The Balaban J connectivity index is 1.44. The van der Waals surface area contributed by atoms with E-state index in [-0.39, 0.29) is 22.2 Å². The van der Waals surface area contributed by atoms with Crippen LogP contribution in [0, 0.1) is 5.82 Å². The molecule has 1 fully saturated rings. The molecule has 2 aliphatic heterocycles. The quantitative estimate of drug-likeness (QED) is 0.775. The van der Waals surface area contributed by atoms with Crippen LogP contribution in [0.4, 0.5) is 10.1 Å². The molecule has 2 aliphatic rings. The van der Waals surface area contributed by atoms with Crippen molar-refractivity contribution in [3.63, 3.8) is 0 Å². The number of halogens is 1. The monoisotopic (exact) mass is 448 g/mol. The molecule has 1 amide bonds. The SMILES string of the molecule is O=C(NC1=NCCS1)c1cccc(S(=O)(=O)N2CCN(c3ccc(F)cc3)CC2)c1. The van der Waals surface area contributed by atoms with Crippen LogP contribution in [0.5, 0.6) is 0 Å². The molecule has 0 radical (unpaired) electrons. The minimum Gasteiger partial charge on any atom is -0.369 e. The van der Waals surface area contributed by atoms with E-state index < -0.39 is 10.0 Å². The Morgan fingerprint density at radius 2 is 1.80 bits per heavy atom. The molecular weight excluding hydrogens is 427 g/mol. The summed E-state index contributed by atoms with van der Waals surface area (Å²) in [7, 11) is -3.73. The Morgan fingerprint density at radius 1 is 1.07 bits per heavy atom. The van der Waals surface area contributed by atoms with Gasteiger partial charge in [-0.15, -0.1) is 0 Å². The molecule has 1 saturated heterocycles. The van der Waals surface area contributed by atoms with Gasteiger partial charge in [-0.1, -0.05) is 17.8 Å². The highest BCUT2D eigenvalue weighted by molar-refractivity contribution is 8.14. The van der Waals surface area contributed by atoms with Crippen LogP contribution in [0.15, 0.2) is 58.4 Å². The molecule has 2 aromatic carbocycles. The second-order valence-corrected chi connectivity index (χ2v) is 9.91. The number of amides is 1. The number of hydrogen-bond donors (Lipinski definition) is 1. The first kappa shape index (κ1) is 20.8. The molecule has 7 nitrogen and oxygen atoms in total. The normalized spacial score (nSPS) is 17.6. The van der Waals surface area contributed by atoms with Crippen LogP contribution in [-0.2, 0) is 10.0 Å². The van der Waals surface area contributed by atoms with Gasteiger partial charge in [0.05, 0.1) is 11.4 Å². The summed E-state index contributed by atoms with van der Waals surface area (Å²) in [5.41, 5.74) is 1.14. The summed E-state index contributed by atoms with van der Waals surface area (Å²) < 4.78 is 40.7. The molecule has 0 aliphatic carbocycles. The van der Waals surface area contributed by atoms with Gasteiger partial charge in [-0.25, -0.2) is 12.8 Å². The highest BCUT2D eigenvalue weighted by atomic mass is 32.2. The largest absolute Gasteiger partial charge is 0.369 e. The van der Waals surface area contributed by atoms with E-state index in [1.807, 2.05) is 4.90 Å². The Bertz CT molecular complexity index is 1070. The standard InChI is InChI=1S/C20H21FN4O3S2/c21-16-4-6-17(7-5-16)24-9-11-25(12-10-24)30(27,28)18-3-1-2-15(14-18)19(26)23-20-22-8-13-29-20/h1-7,14H,8-13H2,(H,22,23,26). The summed E-state index contributed by atoms with van der Waals surface area (Å²) in [6, 6.07) is 12.2. The van der Waals surface area contributed by atoms with Gasteiger partial charge < -0.3 is 10.2 Å². The Morgan fingerprint density at radius 3 is 2.47 bits per heavy atom. The molecule has 0 atom stereocenters. The van der Waals surface area contributed by atoms with Crippen molar-refractivity contribution >= 4 is 38.5 Å². The number of aliphatic imine (C=N–C) groups is 1. The summed E-state index contributed by atoms with van der Waals surface area (Å²) >= 11 is 1.46. The molecule has 0 spiro atoms. The number of nitrogens with zero attached hydrogens (tertiary/aromatic N) is 3. The van der Waals surface area contributed by atoms with E-state index in [4.69, 9.17) is 0 Å². The highest BCUT2D eigenvalue weighted by Gasteiger charge is 2.29. The maximum absolute atomic E-state index is 13.1. The number of carbonyl (C=O) groups is 1. The van der Waals surface area contributed by atoms with Crippen LogP contribution in [0.3, 0.4) is 0 Å². The average molecular weight is 449 g/mol. The number of thioether (sulfide) groups is 1. The van der Waals surface area contributed by atoms with Crippen molar-refractivity contribution in [3.8, 4) is 0 Å². The maximum atomic E-state index is 13.1. The molecular formula is C20H21FN4O3S2. The average Bonchev–Trinajstić information content (AvgIpc) is 3.27. The third-order valence-electron chi connectivity index (χ3n) is 4.97. The molecule has 0 aromatic heterocycles. The predicted octanol–water partition coefficient (Wildman–Crippen LogP) is 2.17. The second kappa shape index (κ2) is 8.75.